The lowest BCUT2D eigenvalue weighted by molar-refractivity contribution is 0.516. The summed E-state index contributed by atoms with van der Waals surface area (Å²) in [6.45, 7) is 3.03. The molecule has 0 aliphatic rings. The van der Waals surface area contributed by atoms with Crippen molar-refractivity contribution in [2.45, 2.75) is 83.6 Å². The van der Waals surface area contributed by atoms with E-state index >= 15 is 0 Å². The van der Waals surface area contributed by atoms with E-state index in [0.29, 0.717) is 6.04 Å². The molecule has 16 heavy (non-hydrogen) atoms. The Labute approximate surface area is 102 Å². The highest BCUT2D eigenvalue weighted by atomic mass is 14.6. The second kappa shape index (κ2) is 13.0. The second-order valence-corrected chi connectivity index (χ2v) is 4.93. The summed E-state index contributed by atoms with van der Waals surface area (Å²) < 4.78 is 0. The summed E-state index contributed by atoms with van der Waals surface area (Å²) in [6, 6.07) is 0.441. The standard InChI is InChI=1S/C14H32N2/c1-2-14(16)12-10-8-6-4-3-5-7-9-11-13-15/h14H,2-13,15-16H2,1H3. The molecule has 1 unspecified atom stereocenters. The molecule has 0 aromatic heterocycles. The molecule has 0 aromatic carbocycles. The largest absolute Gasteiger partial charge is 0.330 e. The van der Waals surface area contributed by atoms with Gasteiger partial charge < -0.3 is 11.5 Å². The third kappa shape index (κ3) is 12.0. The van der Waals surface area contributed by atoms with Crippen molar-refractivity contribution in [2.75, 3.05) is 6.54 Å². The summed E-state index contributed by atoms with van der Waals surface area (Å²) in [5, 5.41) is 0. The molecular formula is C14H32N2. The van der Waals surface area contributed by atoms with Crippen LogP contribution in [-0.4, -0.2) is 12.6 Å². The molecule has 0 fully saturated rings. The van der Waals surface area contributed by atoms with Gasteiger partial charge in [0.05, 0.1) is 0 Å². The number of unbranched alkanes of at least 4 members (excludes halogenated alkanes) is 8. The van der Waals surface area contributed by atoms with Crippen LogP contribution in [0.3, 0.4) is 0 Å². The topological polar surface area (TPSA) is 52.0 Å². The quantitative estimate of drug-likeness (QED) is 0.502. The van der Waals surface area contributed by atoms with Crippen molar-refractivity contribution in [3.8, 4) is 0 Å². The van der Waals surface area contributed by atoms with E-state index in [1.54, 1.807) is 0 Å². The summed E-state index contributed by atoms with van der Waals surface area (Å²) in [5.41, 5.74) is 11.3. The van der Waals surface area contributed by atoms with Crippen molar-refractivity contribution >= 4 is 0 Å². The maximum absolute atomic E-state index is 5.87. The first-order chi connectivity index (χ1) is 7.81. The lowest BCUT2D eigenvalue weighted by Crippen LogP contribution is -2.17. The van der Waals surface area contributed by atoms with Crippen LogP contribution in [-0.2, 0) is 0 Å². The third-order valence-corrected chi connectivity index (χ3v) is 3.30. The number of hydrogen-bond donors (Lipinski definition) is 2. The summed E-state index contributed by atoms with van der Waals surface area (Å²) >= 11 is 0. The van der Waals surface area contributed by atoms with Gasteiger partial charge in [-0.05, 0) is 25.8 Å². The normalized spacial score (nSPS) is 12.9. The molecule has 98 valence electrons. The molecule has 2 nitrogen and oxygen atoms in total. The Morgan fingerprint density at radius 1 is 0.750 bits per heavy atom. The van der Waals surface area contributed by atoms with Crippen LogP contribution in [0.2, 0.25) is 0 Å². The highest BCUT2D eigenvalue weighted by Crippen LogP contribution is 2.11. The highest BCUT2D eigenvalue weighted by Gasteiger charge is 1.98. The minimum atomic E-state index is 0.441. The van der Waals surface area contributed by atoms with Gasteiger partial charge in [0.2, 0.25) is 0 Å². The van der Waals surface area contributed by atoms with Crippen LogP contribution >= 0.6 is 0 Å². The van der Waals surface area contributed by atoms with Crippen LogP contribution < -0.4 is 11.5 Å². The van der Waals surface area contributed by atoms with E-state index in [9.17, 15) is 0 Å². The van der Waals surface area contributed by atoms with Crippen LogP contribution in [0, 0.1) is 0 Å². The summed E-state index contributed by atoms with van der Waals surface area (Å²) in [7, 11) is 0. The van der Waals surface area contributed by atoms with Gasteiger partial charge in [0.1, 0.15) is 0 Å². The fourth-order valence-corrected chi connectivity index (χ4v) is 1.99. The summed E-state index contributed by atoms with van der Waals surface area (Å²) in [5.74, 6) is 0. The van der Waals surface area contributed by atoms with Crippen LogP contribution in [0.1, 0.15) is 77.6 Å². The van der Waals surface area contributed by atoms with Crippen molar-refractivity contribution in [3.05, 3.63) is 0 Å². The van der Waals surface area contributed by atoms with Crippen LogP contribution in [0.4, 0.5) is 0 Å². The lowest BCUT2D eigenvalue weighted by atomic mass is 10.0. The lowest BCUT2D eigenvalue weighted by Gasteiger charge is -2.07. The van der Waals surface area contributed by atoms with Crippen molar-refractivity contribution in [1.29, 1.82) is 0 Å². The molecule has 0 heterocycles. The molecule has 0 saturated carbocycles. The Hall–Kier alpha value is -0.0800. The summed E-state index contributed by atoms with van der Waals surface area (Å²) in [6.07, 6.45) is 14.5. The van der Waals surface area contributed by atoms with Crippen molar-refractivity contribution in [1.82, 2.24) is 0 Å². The number of hydrogen-bond acceptors (Lipinski definition) is 2. The van der Waals surface area contributed by atoms with Gasteiger partial charge in [0, 0.05) is 6.04 Å². The Morgan fingerprint density at radius 3 is 1.62 bits per heavy atom. The van der Waals surface area contributed by atoms with Gasteiger partial charge in [0.15, 0.2) is 0 Å². The molecule has 0 aliphatic carbocycles. The zero-order valence-corrected chi connectivity index (χ0v) is 11.2. The Morgan fingerprint density at radius 2 is 1.19 bits per heavy atom. The highest BCUT2D eigenvalue weighted by molar-refractivity contribution is 4.58. The minimum absolute atomic E-state index is 0.441. The van der Waals surface area contributed by atoms with Crippen LogP contribution in [0.25, 0.3) is 0 Å². The van der Waals surface area contributed by atoms with Gasteiger partial charge in [-0.3, -0.25) is 0 Å². The fourth-order valence-electron chi connectivity index (χ4n) is 1.99. The van der Waals surface area contributed by atoms with Gasteiger partial charge >= 0.3 is 0 Å². The third-order valence-electron chi connectivity index (χ3n) is 3.30. The first-order valence-electron chi connectivity index (χ1n) is 7.27. The SMILES string of the molecule is CCC(N)CCCCCCCCCCCN. The van der Waals surface area contributed by atoms with Crippen LogP contribution in [0.15, 0.2) is 0 Å². The Kier molecular flexibility index (Phi) is 12.9. The molecule has 0 bridgehead atoms. The summed E-state index contributed by atoms with van der Waals surface area (Å²) in [4.78, 5) is 0. The zero-order chi connectivity index (χ0) is 12.1. The van der Waals surface area contributed by atoms with E-state index in [1.165, 1.54) is 64.2 Å². The average Bonchev–Trinajstić information content (AvgIpc) is 2.31. The molecular weight excluding hydrogens is 196 g/mol. The van der Waals surface area contributed by atoms with E-state index in [1.807, 2.05) is 0 Å². The maximum atomic E-state index is 5.87. The molecule has 0 spiro atoms. The molecule has 0 rings (SSSR count). The van der Waals surface area contributed by atoms with E-state index < -0.39 is 0 Å². The minimum Gasteiger partial charge on any atom is -0.330 e. The maximum Gasteiger partial charge on any atom is 0.00362 e. The van der Waals surface area contributed by atoms with Crippen molar-refractivity contribution < 1.29 is 0 Å². The van der Waals surface area contributed by atoms with Gasteiger partial charge in [-0.25, -0.2) is 0 Å². The Bertz CT molecular complexity index is 126. The van der Waals surface area contributed by atoms with Gasteiger partial charge in [-0.1, -0.05) is 58.3 Å². The fraction of sp³-hybridized carbons (Fsp3) is 1.00. The van der Waals surface area contributed by atoms with E-state index in [-0.39, 0.29) is 0 Å². The molecule has 0 saturated heterocycles. The van der Waals surface area contributed by atoms with Crippen molar-refractivity contribution in [3.63, 3.8) is 0 Å². The monoisotopic (exact) mass is 228 g/mol. The predicted molar refractivity (Wildman–Crippen MR) is 73.5 cm³/mol. The van der Waals surface area contributed by atoms with Crippen molar-refractivity contribution in [2.24, 2.45) is 11.5 Å². The van der Waals surface area contributed by atoms with E-state index in [2.05, 4.69) is 6.92 Å². The average molecular weight is 228 g/mol. The van der Waals surface area contributed by atoms with E-state index in [0.717, 1.165) is 13.0 Å². The molecule has 1 atom stereocenters. The predicted octanol–water partition coefficient (Wildman–Crippen LogP) is 3.58. The molecule has 0 radical (unpaired) electrons. The van der Waals surface area contributed by atoms with E-state index in [4.69, 9.17) is 11.5 Å². The second-order valence-electron chi connectivity index (χ2n) is 4.93. The zero-order valence-electron chi connectivity index (χ0n) is 11.2. The van der Waals surface area contributed by atoms with Crippen LogP contribution in [0.5, 0.6) is 0 Å². The molecule has 0 amide bonds. The molecule has 0 aliphatic heterocycles. The smallest absolute Gasteiger partial charge is 0.00362 e. The van der Waals surface area contributed by atoms with Gasteiger partial charge in [-0.15, -0.1) is 0 Å². The first kappa shape index (κ1) is 15.9. The van der Waals surface area contributed by atoms with Gasteiger partial charge in [0.25, 0.3) is 0 Å². The first-order valence-corrected chi connectivity index (χ1v) is 7.27. The molecule has 2 heteroatoms. The Balaban J connectivity index is 2.93. The van der Waals surface area contributed by atoms with Gasteiger partial charge in [-0.2, -0.15) is 0 Å². The number of nitrogens with two attached hydrogens (primary N) is 2. The number of rotatable bonds is 12. The molecule has 4 N–H and O–H groups in total. The molecule has 0 aromatic rings.